The van der Waals surface area contributed by atoms with Crippen molar-refractivity contribution < 1.29 is 19.5 Å². The van der Waals surface area contributed by atoms with Gasteiger partial charge in [0.25, 0.3) is 0 Å². The molecule has 1 N–H and O–H groups in total. The van der Waals surface area contributed by atoms with Gasteiger partial charge in [0.15, 0.2) is 6.04 Å². The molecule has 0 aliphatic carbocycles. The third-order valence-corrected chi connectivity index (χ3v) is 5.24. The Hall–Kier alpha value is -2.93. The third kappa shape index (κ3) is 8.38. The molecule has 0 heterocycles. The van der Waals surface area contributed by atoms with Gasteiger partial charge in [-0.05, 0) is 17.4 Å². The average Bonchev–Trinajstić information content (AvgIpc) is 2.73. The molecule has 0 aromatic heterocycles. The van der Waals surface area contributed by atoms with Crippen LogP contribution in [0.5, 0.6) is 0 Å². The summed E-state index contributed by atoms with van der Waals surface area (Å²) in [6.45, 7) is 5.75. The molecule has 1 atom stereocenters. The first-order chi connectivity index (χ1) is 14.7. The van der Waals surface area contributed by atoms with E-state index in [0.29, 0.717) is 5.56 Å². The summed E-state index contributed by atoms with van der Waals surface area (Å²) < 4.78 is 0. The molecule has 0 bridgehead atoms. The largest absolute Gasteiger partial charge is 0.480 e. The SMILES string of the molecule is CC(C)(C)CC(C(=O)O)N(N=Cc1ccccc1)C(=O)CCSC(=O)c1ccccc1. The molecule has 31 heavy (non-hydrogen) atoms. The molecule has 6 nitrogen and oxygen atoms in total. The van der Waals surface area contributed by atoms with Crippen LogP contribution in [0, 0.1) is 5.41 Å². The van der Waals surface area contributed by atoms with E-state index in [0.717, 1.165) is 22.3 Å². The topological polar surface area (TPSA) is 87.0 Å². The Morgan fingerprint density at radius 2 is 1.61 bits per heavy atom. The van der Waals surface area contributed by atoms with Gasteiger partial charge in [-0.25, -0.2) is 9.80 Å². The standard InChI is InChI=1S/C24H28N2O4S/c1-24(2,3)16-20(22(28)29)26(25-17-18-10-6-4-7-11-18)21(27)14-15-31-23(30)19-12-8-5-9-13-19/h4-13,17,20H,14-16H2,1-3H3,(H,28,29). The molecule has 7 heteroatoms. The normalized spacial score (nSPS) is 12.5. The number of hydrogen-bond donors (Lipinski definition) is 1. The summed E-state index contributed by atoms with van der Waals surface area (Å²) in [5.41, 5.74) is 1.01. The molecule has 1 amide bonds. The first kappa shape index (κ1) is 24.3. The molecule has 0 spiro atoms. The fraction of sp³-hybridized carbons (Fsp3) is 0.333. The van der Waals surface area contributed by atoms with Crippen molar-refractivity contribution in [2.24, 2.45) is 10.5 Å². The fourth-order valence-electron chi connectivity index (χ4n) is 2.85. The second kappa shape index (κ2) is 11.5. The van der Waals surface area contributed by atoms with Gasteiger partial charge in [0.2, 0.25) is 11.0 Å². The van der Waals surface area contributed by atoms with Crippen LogP contribution < -0.4 is 0 Å². The van der Waals surface area contributed by atoms with Crippen molar-refractivity contribution in [3.8, 4) is 0 Å². The Morgan fingerprint density at radius 1 is 1.03 bits per heavy atom. The molecule has 1 unspecified atom stereocenters. The predicted octanol–water partition coefficient (Wildman–Crippen LogP) is 4.70. The van der Waals surface area contributed by atoms with Gasteiger partial charge >= 0.3 is 5.97 Å². The van der Waals surface area contributed by atoms with E-state index >= 15 is 0 Å². The van der Waals surface area contributed by atoms with Gasteiger partial charge < -0.3 is 5.11 Å². The van der Waals surface area contributed by atoms with Crippen LogP contribution >= 0.6 is 11.8 Å². The van der Waals surface area contributed by atoms with E-state index in [1.807, 2.05) is 57.2 Å². The molecule has 0 aliphatic heterocycles. The van der Waals surface area contributed by atoms with E-state index in [1.165, 1.54) is 6.21 Å². The van der Waals surface area contributed by atoms with Gasteiger partial charge in [0.1, 0.15) is 0 Å². The maximum atomic E-state index is 12.9. The van der Waals surface area contributed by atoms with Crippen molar-refractivity contribution in [2.75, 3.05) is 5.75 Å². The van der Waals surface area contributed by atoms with Crippen LogP contribution in [-0.2, 0) is 9.59 Å². The molecule has 2 aromatic rings. The molecule has 0 fully saturated rings. The van der Waals surface area contributed by atoms with Gasteiger partial charge in [-0.3, -0.25) is 9.59 Å². The second-order valence-corrected chi connectivity index (χ2v) is 9.33. The van der Waals surface area contributed by atoms with Crippen LogP contribution in [-0.4, -0.2) is 45.1 Å². The summed E-state index contributed by atoms with van der Waals surface area (Å²) in [5, 5.41) is 14.9. The molecule has 0 radical (unpaired) electrons. The van der Waals surface area contributed by atoms with E-state index in [1.54, 1.807) is 24.3 Å². The highest BCUT2D eigenvalue weighted by Crippen LogP contribution is 2.25. The van der Waals surface area contributed by atoms with Gasteiger partial charge in [0.05, 0.1) is 6.21 Å². The lowest BCUT2D eigenvalue weighted by molar-refractivity contribution is -0.151. The maximum absolute atomic E-state index is 12.9. The molecular formula is C24H28N2O4S. The van der Waals surface area contributed by atoms with E-state index in [2.05, 4.69) is 5.10 Å². The zero-order valence-corrected chi connectivity index (χ0v) is 18.8. The highest BCUT2D eigenvalue weighted by atomic mass is 32.2. The molecule has 2 rings (SSSR count). The van der Waals surface area contributed by atoms with Crippen LogP contribution in [0.3, 0.4) is 0 Å². The number of rotatable bonds is 9. The number of carbonyl (C=O) groups is 3. The zero-order chi connectivity index (χ0) is 22.9. The number of hydrazone groups is 1. The quantitative estimate of drug-likeness (QED) is 0.451. The predicted molar refractivity (Wildman–Crippen MR) is 124 cm³/mol. The first-order valence-electron chi connectivity index (χ1n) is 10.0. The zero-order valence-electron chi connectivity index (χ0n) is 18.0. The summed E-state index contributed by atoms with van der Waals surface area (Å²) >= 11 is 1.04. The van der Waals surface area contributed by atoms with Gasteiger partial charge in [0, 0.05) is 17.7 Å². The van der Waals surface area contributed by atoms with Crippen molar-refractivity contribution in [1.29, 1.82) is 0 Å². The lowest BCUT2D eigenvalue weighted by Crippen LogP contribution is -2.44. The number of hydrogen-bond acceptors (Lipinski definition) is 5. The monoisotopic (exact) mass is 440 g/mol. The molecule has 0 saturated carbocycles. The number of carboxylic acid groups (broad SMARTS) is 1. The number of carboxylic acids is 1. The fourth-order valence-corrected chi connectivity index (χ4v) is 3.61. The summed E-state index contributed by atoms with van der Waals surface area (Å²) in [5.74, 6) is -1.30. The minimum atomic E-state index is -1.11. The van der Waals surface area contributed by atoms with Crippen molar-refractivity contribution in [3.63, 3.8) is 0 Å². The Bertz CT molecular complexity index is 908. The average molecular weight is 441 g/mol. The Labute approximate surface area is 187 Å². The van der Waals surface area contributed by atoms with Gasteiger partial charge in [-0.2, -0.15) is 5.10 Å². The van der Waals surface area contributed by atoms with Crippen molar-refractivity contribution in [2.45, 2.75) is 39.7 Å². The Kier molecular flexibility index (Phi) is 9.00. The van der Waals surface area contributed by atoms with Crippen LogP contribution in [0.1, 0.15) is 49.5 Å². The molecular weight excluding hydrogens is 412 g/mol. The number of carbonyl (C=O) groups excluding carboxylic acids is 2. The molecule has 0 aliphatic rings. The number of aliphatic carboxylic acids is 1. The lowest BCUT2D eigenvalue weighted by Gasteiger charge is -2.29. The summed E-state index contributed by atoms with van der Waals surface area (Å²) in [6, 6.07) is 16.9. The van der Waals surface area contributed by atoms with E-state index < -0.39 is 17.9 Å². The van der Waals surface area contributed by atoms with E-state index in [-0.39, 0.29) is 29.1 Å². The van der Waals surface area contributed by atoms with E-state index in [9.17, 15) is 19.5 Å². The van der Waals surface area contributed by atoms with Crippen LogP contribution in [0.4, 0.5) is 0 Å². The Morgan fingerprint density at radius 3 is 2.16 bits per heavy atom. The summed E-state index contributed by atoms with van der Waals surface area (Å²) in [4.78, 5) is 37.2. The van der Waals surface area contributed by atoms with Crippen LogP contribution in [0.2, 0.25) is 0 Å². The third-order valence-electron chi connectivity index (χ3n) is 4.33. The molecule has 164 valence electrons. The summed E-state index contributed by atoms with van der Waals surface area (Å²) in [7, 11) is 0. The van der Waals surface area contributed by atoms with E-state index in [4.69, 9.17) is 0 Å². The van der Waals surface area contributed by atoms with Crippen molar-refractivity contribution >= 4 is 35.0 Å². The highest BCUT2D eigenvalue weighted by Gasteiger charge is 2.33. The maximum Gasteiger partial charge on any atom is 0.328 e. The minimum absolute atomic E-state index is 0.00327. The number of nitrogens with zero attached hydrogens (tertiary/aromatic N) is 2. The lowest BCUT2D eigenvalue weighted by atomic mass is 9.88. The van der Waals surface area contributed by atoms with Gasteiger partial charge in [-0.15, -0.1) is 0 Å². The van der Waals surface area contributed by atoms with Gasteiger partial charge in [-0.1, -0.05) is 93.2 Å². The van der Waals surface area contributed by atoms with Crippen LogP contribution in [0.25, 0.3) is 0 Å². The first-order valence-corrected chi connectivity index (χ1v) is 11.0. The van der Waals surface area contributed by atoms with Crippen LogP contribution in [0.15, 0.2) is 65.8 Å². The second-order valence-electron chi connectivity index (χ2n) is 8.26. The smallest absolute Gasteiger partial charge is 0.328 e. The Balaban J connectivity index is 2.13. The van der Waals surface area contributed by atoms with Crippen molar-refractivity contribution in [3.05, 3.63) is 71.8 Å². The number of amides is 1. The number of thioether (sulfide) groups is 1. The van der Waals surface area contributed by atoms with Crippen molar-refractivity contribution in [1.82, 2.24) is 5.01 Å². The minimum Gasteiger partial charge on any atom is -0.480 e. The summed E-state index contributed by atoms with van der Waals surface area (Å²) in [6.07, 6.45) is 1.73. The molecule has 2 aromatic carbocycles. The highest BCUT2D eigenvalue weighted by molar-refractivity contribution is 8.14. The number of benzene rings is 2. The molecule has 0 saturated heterocycles.